The molecule has 4 N–H and O–H groups in total. The highest BCUT2D eigenvalue weighted by molar-refractivity contribution is 7.90. The van der Waals surface area contributed by atoms with E-state index in [4.69, 9.17) is 9.84 Å². The fourth-order valence-corrected chi connectivity index (χ4v) is 3.03. The molecule has 1 heterocycles. The van der Waals surface area contributed by atoms with Crippen LogP contribution in [-0.4, -0.2) is 54.0 Å². The largest absolute Gasteiger partial charge is 0.480 e. The number of nitrogens with one attached hydrogen (secondary N) is 2. The fraction of sp³-hybridized carbons (Fsp3) is 0.154. The normalized spacial score (nSPS) is 14.3. The van der Waals surface area contributed by atoms with E-state index < -0.39 is 32.5 Å². The zero-order valence-electron chi connectivity index (χ0n) is 13.6. The molecule has 0 atom stereocenters. The molecule has 1 aromatic carbocycles. The molecule has 0 radical (unpaired) electrons. The van der Waals surface area contributed by atoms with Crippen LogP contribution in [0.2, 0.25) is 0 Å². The Morgan fingerprint density at radius 1 is 1.27 bits per heavy atom. The number of hydrazine groups is 2. The first-order chi connectivity index (χ1) is 12.2. The summed E-state index contributed by atoms with van der Waals surface area (Å²) in [5.74, 6) is -1.56. The van der Waals surface area contributed by atoms with Crippen molar-refractivity contribution in [2.75, 3.05) is 7.11 Å². The lowest BCUT2D eigenvalue weighted by Gasteiger charge is -2.30. The smallest absolute Gasteiger partial charge is 0.350 e. The minimum Gasteiger partial charge on any atom is -0.480 e. The monoisotopic (exact) mass is 385 g/mol. The van der Waals surface area contributed by atoms with Gasteiger partial charge in [-0.15, -0.1) is 5.10 Å². The number of hydrogen-bond acceptors (Lipinski definition) is 9. The molecule has 12 nitrogen and oxygen atoms in total. The molecule has 2 amide bonds. The Labute approximate surface area is 147 Å². The average Bonchev–Trinajstić information content (AvgIpc) is 2.57. The van der Waals surface area contributed by atoms with Gasteiger partial charge in [0, 0.05) is 6.08 Å². The molecular weight excluding hydrogens is 370 g/mol. The van der Waals surface area contributed by atoms with Gasteiger partial charge in [0.2, 0.25) is 5.88 Å². The maximum atomic E-state index is 12.3. The topological polar surface area (TPSA) is 161 Å². The third kappa shape index (κ3) is 4.01. The second-order valence-corrected chi connectivity index (χ2v) is 6.51. The van der Waals surface area contributed by atoms with Crippen molar-refractivity contribution in [2.24, 2.45) is 5.10 Å². The zero-order valence-corrected chi connectivity index (χ0v) is 14.4. The average molecular weight is 385 g/mol. The van der Waals surface area contributed by atoms with Gasteiger partial charge in [-0.3, -0.25) is 5.21 Å². The number of ether oxygens (including phenoxy) is 1. The maximum absolute atomic E-state index is 12.3. The van der Waals surface area contributed by atoms with Crippen LogP contribution < -0.4 is 10.1 Å². The second kappa shape index (κ2) is 7.28. The number of amides is 2. The van der Waals surface area contributed by atoms with Gasteiger partial charge in [0.25, 0.3) is 10.0 Å². The van der Waals surface area contributed by atoms with Gasteiger partial charge in [-0.2, -0.15) is 0 Å². The minimum absolute atomic E-state index is 0.0862. The lowest BCUT2D eigenvalue weighted by Crippen LogP contribution is -2.54. The van der Waals surface area contributed by atoms with Crippen molar-refractivity contribution in [1.82, 2.24) is 20.5 Å². The summed E-state index contributed by atoms with van der Waals surface area (Å²) in [6, 6.07) is 3.47. The number of carboxylic acids is 1. The molecule has 0 aromatic heterocycles. The third-order valence-electron chi connectivity index (χ3n) is 3.01. The summed E-state index contributed by atoms with van der Waals surface area (Å²) in [5.41, 5.74) is 1.80. The molecule has 0 saturated carbocycles. The molecule has 0 fully saturated rings. The molecule has 0 spiro atoms. The molecule has 1 aliphatic rings. The number of hydrogen-bond donors (Lipinski definition) is 4. The molecular formula is C13H15N5O7S. The first-order valence-corrected chi connectivity index (χ1v) is 8.39. The predicted molar refractivity (Wildman–Crippen MR) is 85.9 cm³/mol. The van der Waals surface area contributed by atoms with Gasteiger partial charge in [-0.05, 0) is 19.1 Å². The van der Waals surface area contributed by atoms with Gasteiger partial charge in [0.05, 0.1) is 18.4 Å². The van der Waals surface area contributed by atoms with E-state index in [1.807, 2.05) is 5.43 Å². The molecule has 26 heavy (non-hydrogen) atoms. The van der Waals surface area contributed by atoms with Crippen LogP contribution in [-0.2, 0) is 14.8 Å². The summed E-state index contributed by atoms with van der Waals surface area (Å²) in [5, 5.41) is 23.5. The highest BCUT2D eigenvalue weighted by atomic mass is 32.2. The summed E-state index contributed by atoms with van der Waals surface area (Å²) in [7, 11) is -3.24. The van der Waals surface area contributed by atoms with Crippen molar-refractivity contribution in [2.45, 2.75) is 11.8 Å². The highest BCUT2D eigenvalue weighted by Crippen LogP contribution is 2.15. The molecule has 2 rings (SSSR count). The number of methoxy groups -OCH3 is 1. The number of benzene rings is 1. The van der Waals surface area contributed by atoms with Gasteiger partial charge in [-0.1, -0.05) is 22.5 Å². The molecule has 140 valence electrons. The van der Waals surface area contributed by atoms with Gasteiger partial charge in [0.15, 0.2) is 0 Å². The molecule has 1 aromatic rings. The lowest BCUT2D eigenvalue weighted by atomic mass is 10.2. The first kappa shape index (κ1) is 19.0. The summed E-state index contributed by atoms with van der Waals surface area (Å²) in [4.78, 5) is 22.5. The van der Waals surface area contributed by atoms with Crippen LogP contribution in [0.25, 0.3) is 0 Å². The molecule has 0 unspecified atom stereocenters. The van der Waals surface area contributed by atoms with Gasteiger partial charge in [0.1, 0.15) is 4.90 Å². The lowest BCUT2D eigenvalue weighted by molar-refractivity contribution is -0.261. The van der Waals surface area contributed by atoms with Crippen molar-refractivity contribution in [3.05, 3.63) is 41.8 Å². The number of aromatic carboxylic acids is 1. The van der Waals surface area contributed by atoms with Crippen molar-refractivity contribution >= 4 is 27.7 Å². The summed E-state index contributed by atoms with van der Waals surface area (Å²) >= 11 is 0. The number of hydrazone groups is 1. The molecule has 0 saturated heterocycles. The van der Waals surface area contributed by atoms with Crippen molar-refractivity contribution < 1.29 is 33.1 Å². The van der Waals surface area contributed by atoms with Crippen LogP contribution in [0.15, 0.2) is 46.2 Å². The van der Waals surface area contributed by atoms with E-state index in [1.165, 1.54) is 25.3 Å². The van der Waals surface area contributed by atoms with E-state index in [0.29, 0.717) is 16.1 Å². The Bertz CT molecular complexity index is 896. The Morgan fingerprint density at radius 2 is 1.92 bits per heavy atom. The van der Waals surface area contributed by atoms with E-state index in [1.54, 1.807) is 11.6 Å². The Hall–Kier alpha value is -3.32. The molecule has 13 heteroatoms. The van der Waals surface area contributed by atoms with Crippen molar-refractivity contribution in [1.29, 1.82) is 0 Å². The van der Waals surface area contributed by atoms with E-state index in [2.05, 4.69) is 5.10 Å². The number of urea groups is 1. The van der Waals surface area contributed by atoms with E-state index >= 15 is 0 Å². The van der Waals surface area contributed by atoms with Gasteiger partial charge in [-0.25, -0.2) is 28.2 Å². The molecule has 1 aliphatic heterocycles. The number of carboxylic acid groups (broad SMARTS) is 1. The maximum Gasteiger partial charge on any atom is 0.350 e. The number of carbonyl (C=O) groups is 2. The van der Waals surface area contributed by atoms with Crippen LogP contribution >= 0.6 is 0 Å². The predicted octanol–water partition coefficient (Wildman–Crippen LogP) is 0.0732. The summed E-state index contributed by atoms with van der Waals surface area (Å²) < 4.78 is 31.0. The van der Waals surface area contributed by atoms with Crippen LogP contribution in [0.3, 0.4) is 0 Å². The number of sulfonamides is 1. The van der Waals surface area contributed by atoms with Crippen LogP contribution in [0.5, 0.6) is 0 Å². The number of nitrogens with zero attached hydrogens (tertiary/aromatic N) is 3. The SMILES string of the molecule is COC1=CC(C)=NN(NC(=O)NS(=O)(=O)c2ccccc2C(=O)O)N1O. The number of carbonyl (C=O) groups excluding carboxylic acids is 1. The third-order valence-corrected chi connectivity index (χ3v) is 4.40. The first-order valence-electron chi connectivity index (χ1n) is 6.91. The van der Waals surface area contributed by atoms with E-state index in [-0.39, 0.29) is 5.88 Å². The van der Waals surface area contributed by atoms with Crippen molar-refractivity contribution in [3.63, 3.8) is 0 Å². The highest BCUT2D eigenvalue weighted by Gasteiger charge is 2.27. The Balaban J connectivity index is 2.18. The standard InChI is InChI=1S/C13H15N5O7S/c1-8-7-11(25-2)17(22)18(14-8)15-13(21)16-26(23,24)10-6-4-3-5-9(10)12(19)20/h3-7,22H,1-2H3,(H,19,20)(H2,15,16,21). The van der Waals surface area contributed by atoms with Gasteiger partial charge >= 0.3 is 12.0 Å². The molecule has 0 aliphatic carbocycles. The number of allylic oxidation sites excluding steroid dienone is 1. The van der Waals surface area contributed by atoms with Gasteiger partial charge < -0.3 is 9.84 Å². The Morgan fingerprint density at radius 3 is 2.54 bits per heavy atom. The second-order valence-electron chi connectivity index (χ2n) is 4.85. The van der Waals surface area contributed by atoms with Crippen LogP contribution in [0.1, 0.15) is 17.3 Å². The quantitative estimate of drug-likeness (QED) is 0.550. The fourth-order valence-electron chi connectivity index (χ4n) is 1.93. The Kier molecular flexibility index (Phi) is 5.33. The van der Waals surface area contributed by atoms with E-state index in [9.17, 15) is 23.2 Å². The number of rotatable bonds is 5. The number of hydroxylamine groups is 1. The summed E-state index contributed by atoms with van der Waals surface area (Å²) in [6.45, 7) is 1.54. The molecule has 0 bridgehead atoms. The van der Waals surface area contributed by atoms with Crippen LogP contribution in [0, 0.1) is 0 Å². The van der Waals surface area contributed by atoms with Crippen LogP contribution in [0.4, 0.5) is 4.79 Å². The van der Waals surface area contributed by atoms with Crippen molar-refractivity contribution in [3.8, 4) is 0 Å². The zero-order chi connectivity index (χ0) is 19.5. The minimum atomic E-state index is -4.50. The summed E-state index contributed by atoms with van der Waals surface area (Å²) in [6.07, 6.45) is 1.36. The van der Waals surface area contributed by atoms with E-state index in [0.717, 1.165) is 12.1 Å².